The molecule has 3 nitrogen and oxygen atoms in total. The van der Waals surface area contributed by atoms with E-state index in [1.807, 2.05) is 13.0 Å². The first-order valence-electron chi connectivity index (χ1n) is 7.15. The van der Waals surface area contributed by atoms with Gasteiger partial charge in [0, 0.05) is 24.3 Å². The molecule has 2 fully saturated rings. The molecule has 0 saturated heterocycles. The molecule has 3 rings (SSSR count). The van der Waals surface area contributed by atoms with Gasteiger partial charge in [-0.2, -0.15) is 0 Å². The highest BCUT2D eigenvalue weighted by Gasteiger charge is 2.30. The topological polar surface area (TPSA) is 42.1 Å². The Labute approximate surface area is 120 Å². The highest BCUT2D eigenvalue weighted by atomic mass is 32.1. The third-order valence-electron chi connectivity index (χ3n) is 3.90. The summed E-state index contributed by atoms with van der Waals surface area (Å²) in [6, 6.07) is 4.03. The number of hydrogen-bond acceptors (Lipinski definition) is 3. The lowest BCUT2D eigenvalue weighted by atomic mass is 10.2. The number of nitrogens with zero attached hydrogens (tertiary/aromatic N) is 2. The van der Waals surface area contributed by atoms with E-state index in [-0.39, 0.29) is 0 Å². The van der Waals surface area contributed by atoms with E-state index in [1.54, 1.807) is 0 Å². The molecule has 0 radical (unpaired) electrons. The normalized spacial score (nSPS) is 18.4. The average molecular weight is 275 g/mol. The van der Waals surface area contributed by atoms with Gasteiger partial charge in [0.15, 0.2) is 0 Å². The van der Waals surface area contributed by atoms with Crippen molar-refractivity contribution < 1.29 is 0 Å². The minimum Gasteiger partial charge on any atom is -0.389 e. The van der Waals surface area contributed by atoms with Crippen LogP contribution in [0.25, 0.3) is 0 Å². The van der Waals surface area contributed by atoms with E-state index in [0.717, 1.165) is 42.0 Å². The molecule has 1 aromatic rings. The van der Waals surface area contributed by atoms with Crippen LogP contribution in [0.4, 0.5) is 5.82 Å². The zero-order chi connectivity index (χ0) is 13.4. The summed E-state index contributed by atoms with van der Waals surface area (Å²) < 4.78 is 0. The first kappa shape index (κ1) is 12.9. The zero-order valence-electron chi connectivity index (χ0n) is 11.4. The van der Waals surface area contributed by atoms with Crippen molar-refractivity contribution in [1.82, 2.24) is 4.98 Å². The van der Waals surface area contributed by atoms with E-state index in [1.165, 1.54) is 25.7 Å². The van der Waals surface area contributed by atoms with Crippen LogP contribution in [0, 0.1) is 18.8 Å². The summed E-state index contributed by atoms with van der Waals surface area (Å²) in [5.41, 5.74) is 7.70. The summed E-state index contributed by atoms with van der Waals surface area (Å²) in [4.78, 5) is 7.60. The van der Waals surface area contributed by atoms with Crippen LogP contribution >= 0.6 is 12.2 Å². The predicted molar refractivity (Wildman–Crippen MR) is 82.5 cm³/mol. The molecule has 0 aromatic carbocycles. The van der Waals surface area contributed by atoms with Crippen LogP contribution in [-0.2, 0) is 0 Å². The Balaban J connectivity index is 1.84. The van der Waals surface area contributed by atoms with Crippen LogP contribution in [0.2, 0.25) is 0 Å². The smallest absolute Gasteiger partial charge is 0.129 e. The Morgan fingerprint density at radius 3 is 2.32 bits per heavy atom. The molecule has 1 heterocycles. The number of rotatable bonds is 6. The van der Waals surface area contributed by atoms with E-state index in [4.69, 9.17) is 18.0 Å². The van der Waals surface area contributed by atoms with Gasteiger partial charge in [-0.15, -0.1) is 0 Å². The number of anilines is 1. The maximum Gasteiger partial charge on any atom is 0.129 e. The molecule has 1 aromatic heterocycles. The lowest BCUT2D eigenvalue weighted by Gasteiger charge is -2.24. The summed E-state index contributed by atoms with van der Waals surface area (Å²) in [5.74, 6) is 2.80. The van der Waals surface area contributed by atoms with Crippen LogP contribution in [0.15, 0.2) is 12.1 Å². The molecule has 19 heavy (non-hydrogen) atoms. The Hall–Kier alpha value is -1.16. The fraction of sp³-hybridized carbons (Fsp3) is 0.600. The third-order valence-corrected chi connectivity index (χ3v) is 4.14. The van der Waals surface area contributed by atoms with Crippen LogP contribution < -0.4 is 10.6 Å². The summed E-state index contributed by atoms with van der Waals surface area (Å²) >= 11 is 5.10. The maximum atomic E-state index is 5.76. The summed E-state index contributed by atoms with van der Waals surface area (Å²) in [7, 11) is 0. The molecule has 2 aliphatic carbocycles. The second-order valence-electron chi connectivity index (χ2n) is 6.01. The van der Waals surface area contributed by atoms with E-state index in [2.05, 4.69) is 16.0 Å². The molecule has 102 valence electrons. The number of thiocarbonyl (C=S) groups is 1. The summed E-state index contributed by atoms with van der Waals surface area (Å²) in [5, 5.41) is 0. The van der Waals surface area contributed by atoms with Crippen LogP contribution in [0.3, 0.4) is 0 Å². The van der Waals surface area contributed by atoms with Crippen molar-refractivity contribution in [2.45, 2.75) is 32.6 Å². The first-order valence-corrected chi connectivity index (χ1v) is 7.56. The van der Waals surface area contributed by atoms with Gasteiger partial charge < -0.3 is 10.6 Å². The van der Waals surface area contributed by atoms with Gasteiger partial charge in [0.1, 0.15) is 10.8 Å². The van der Waals surface area contributed by atoms with Gasteiger partial charge in [0.05, 0.1) is 0 Å². The van der Waals surface area contributed by atoms with Crippen molar-refractivity contribution in [2.24, 2.45) is 17.6 Å². The van der Waals surface area contributed by atoms with Crippen molar-refractivity contribution in [3.8, 4) is 0 Å². The minimum atomic E-state index is 0.463. The lowest BCUT2D eigenvalue weighted by Crippen LogP contribution is -2.29. The van der Waals surface area contributed by atoms with Crippen LogP contribution in [0.5, 0.6) is 0 Å². The SMILES string of the molecule is Cc1cc(C(N)=S)cc(N(CC2CC2)CC2CC2)n1. The molecule has 4 heteroatoms. The van der Waals surface area contributed by atoms with Gasteiger partial charge in [-0.3, -0.25) is 0 Å². The third kappa shape index (κ3) is 3.44. The van der Waals surface area contributed by atoms with Crippen molar-refractivity contribution in [3.05, 3.63) is 23.4 Å². The number of pyridine rings is 1. The number of nitrogens with two attached hydrogens (primary N) is 1. The number of hydrogen-bond donors (Lipinski definition) is 1. The Morgan fingerprint density at radius 2 is 1.84 bits per heavy atom. The van der Waals surface area contributed by atoms with Gasteiger partial charge in [0.2, 0.25) is 0 Å². The predicted octanol–water partition coefficient (Wildman–Crippen LogP) is 2.65. The van der Waals surface area contributed by atoms with Gasteiger partial charge in [-0.1, -0.05) is 12.2 Å². The highest BCUT2D eigenvalue weighted by molar-refractivity contribution is 7.80. The Bertz CT molecular complexity index is 478. The molecule has 0 bridgehead atoms. The monoisotopic (exact) mass is 275 g/mol. The fourth-order valence-electron chi connectivity index (χ4n) is 2.44. The summed E-state index contributed by atoms with van der Waals surface area (Å²) in [6.07, 6.45) is 5.48. The van der Waals surface area contributed by atoms with E-state index < -0.39 is 0 Å². The van der Waals surface area contributed by atoms with Gasteiger partial charge in [0.25, 0.3) is 0 Å². The fourth-order valence-corrected chi connectivity index (χ4v) is 2.56. The molecule has 0 atom stereocenters. The molecule has 0 amide bonds. The van der Waals surface area contributed by atoms with Gasteiger partial charge in [-0.25, -0.2) is 4.98 Å². The van der Waals surface area contributed by atoms with E-state index >= 15 is 0 Å². The zero-order valence-corrected chi connectivity index (χ0v) is 12.2. The molecule has 2 N–H and O–H groups in total. The van der Waals surface area contributed by atoms with Crippen LogP contribution in [-0.4, -0.2) is 23.1 Å². The van der Waals surface area contributed by atoms with Gasteiger partial charge >= 0.3 is 0 Å². The van der Waals surface area contributed by atoms with Crippen molar-refractivity contribution in [2.75, 3.05) is 18.0 Å². The second-order valence-corrected chi connectivity index (χ2v) is 6.45. The van der Waals surface area contributed by atoms with Gasteiger partial charge in [-0.05, 0) is 56.6 Å². The Kier molecular flexibility index (Phi) is 3.44. The molecule has 0 spiro atoms. The van der Waals surface area contributed by atoms with E-state index in [0.29, 0.717) is 4.99 Å². The molecular formula is C15H21N3S. The quantitative estimate of drug-likeness (QED) is 0.811. The number of aromatic nitrogens is 1. The minimum absolute atomic E-state index is 0.463. The molecule has 2 aliphatic rings. The standard InChI is InChI=1S/C15H21N3S/c1-10-6-13(15(16)19)7-14(17-10)18(8-11-2-3-11)9-12-4-5-12/h6-7,11-12H,2-5,8-9H2,1H3,(H2,16,19). The molecule has 0 unspecified atom stereocenters. The highest BCUT2D eigenvalue weighted by Crippen LogP contribution is 2.35. The van der Waals surface area contributed by atoms with Crippen molar-refractivity contribution >= 4 is 23.0 Å². The van der Waals surface area contributed by atoms with Crippen molar-refractivity contribution in [3.63, 3.8) is 0 Å². The molecular weight excluding hydrogens is 254 g/mol. The first-order chi connectivity index (χ1) is 9.11. The Morgan fingerprint density at radius 1 is 1.26 bits per heavy atom. The number of aryl methyl sites for hydroxylation is 1. The average Bonchev–Trinajstić information content (AvgIpc) is 3.22. The maximum absolute atomic E-state index is 5.76. The summed E-state index contributed by atoms with van der Waals surface area (Å²) in [6.45, 7) is 4.30. The second kappa shape index (κ2) is 5.08. The molecule has 2 saturated carbocycles. The molecule has 0 aliphatic heterocycles. The van der Waals surface area contributed by atoms with E-state index in [9.17, 15) is 0 Å². The largest absolute Gasteiger partial charge is 0.389 e. The van der Waals surface area contributed by atoms with Crippen LogP contribution in [0.1, 0.15) is 36.9 Å². The van der Waals surface area contributed by atoms with Crippen molar-refractivity contribution in [1.29, 1.82) is 0 Å². The lowest BCUT2D eigenvalue weighted by molar-refractivity contribution is 0.670.